The summed E-state index contributed by atoms with van der Waals surface area (Å²) in [6, 6.07) is 5.08. The number of aromatic nitrogens is 1. The van der Waals surface area contributed by atoms with Crippen molar-refractivity contribution in [2.75, 3.05) is 18.5 Å². The summed E-state index contributed by atoms with van der Waals surface area (Å²) in [5.74, 6) is -1.39. The Labute approximate surface area is 213 Å². The van der Waals surface area contributed by atoms with Crippen LogP contribution in [0.2, 0.25) is 0 Å². The maximum absolute atomic E-state index is 14.7. The third-order valence-corrected chi connectivity index (χ3v) is 7.06. The molecule has 2 aliphatic rings. The number of thiazole rings is 1. The lowest BCUT2D eigenvalue weighted by Crippen LogP contribution is -2.58. The van der Waals surface area contributed by atoms with Gasteiger partial charge in [0.15, 0.2) is 22.8 Å². The van der Waals surface area contributed by atoms with Gasteiger partial charge in [-0.25, -0.2) is 9.37 Å². The van der Waals surface area contributed by atoms with Crippen molar-refractivity contribution in [1.82, 2.24) is 15.2 Å². The van der Waals surface area contributed by atoms with E-state index >= 15 is 0 Å². The summed E-state index contributed by atoms with van der Waals surface area (Å²) < 4.78 is 19.9. The number of carbonyl (C=O) groups excluding carboxylic acids is 3. The Kier molecular flexibility index (Phi) is 7.44. The molecule has 36 heavy (non-hydrogen) atoms. The van der Waals surface area contributed by atoms with Gasteiger partial charge in [0.25, 0.3) is 5.91 Å². The summed E-state index contributed by atoms with van der Waals surface area (Å²) in [6.07, 6.45) is -1.38. The van der Waals surface area contributed by atoms with Crippen LogP contribution in [0.5, 0.6) is 0 Å². The second kappa shape index (κ2) is 10.2. The first kappa shape index (κ1) is 26.2. The van der Waals surface area contributed by atoms with Crippen LogP contribution in [0.4, 0.5) is 9.52 Å². The second-order valence-electron chi connectivity index (χ2n) is 10.0. The zero-order chi connectivity index (χ0) is 26.2. The van der Waals surface area contributed by atoms with Crippen molar-refractivity contribution >= 4 is 34.1 Å². The fourth-order valence-corrected chi connectivity index (χ4v) is 5.46. The van der Waals surface area contributed by atoms with Gasteiger partial charge in [0.1, 0.15) is 18.7 Å². The highest BCUT2D eigenvalue weighted by Crippen LogP contribution is 2.36. The molecular formula is C25H32FN5O4S. The smallest absolute Gasteiger partial charge is 0.251 e. The van der Waals surface area contributed by atoms with Crippen molar-refractivity contribution in [3.05, 3.63) is 35.2 Å². The van der Waals surface area contributed by atoms with Gasteiger partial charge in [0, 0.05) is 22.5 Å². The van der Waals surface area contributed by atoms with Crippen LogP contribution in [-0.2, 0) is 14.3 Å². The molecule has 3 heterocycles. The highest BCUT2D eigenvalue weighted by atomic mass is 32.1. The van der Waals surface area contributed by atoms with Crippen molar-refractivity contribution in [2.45, 2.75) is 64.1 Å². The number of rotatable bonds is 8. The van der Waals surface area contributed by atoms with E-state index in [-0.39, 0.29) is 25.1 Å². The van der Waals surface area contributed by atoms with Crippen molar-refractivity contribution in [3.8, 4) is 11.3 Å². The molecule has 0 bridgehead atoms. The monoisotopic (exact) mass is 517 g/mol. The molecule has 0 unspecified atom stereocenters. The van der Waals surface area contributed by atoms with E-state index in [1.807, 2.05) is 39.1 Å². The minimum absolute atomic E-state index is 0.0504. The fourth-order valence-electron chi connectivity index (χ4n) is 4.60. The van der Waals surface area contributed by atoms with Crippen molar-refractivity contribution in [2.24, 2.45) is 11.7 Å². The molecule has 0 saturated carbocycles. The van der Waals surface area contributed by atoms with Crippen LogP contribution in [0.1, 0.15) is 44.5 Å². The second-order valence-corrected chi connectivity index (χ2v) is 10.9. The molecular weight excluding hydrogens is 485 g/mol. The first-order valence-electron chi connectivity index (χ1n) is 12.0. The quantitative estimate of drug-likeness (QED) is 0.491. The van der Waals surface area contributed by atoms with Gasteiger partial charge >= 0.3 is 0 Å². The largest absolute Gasteiger partial charge is 0.359 e. The molecule has 11 heteroatoms. The van der Waals surface area contributed by atoms with Gasteiger partial charge in [0.2, 0.25) is 5.91 Å². The number of halogens is 1. The Balaban J connectivity index is 1.53. The van der Waals surface area contributed by atoms with Gasteiger partial charge in [-0.3, -0.25) is 20.1 Å². The van der Waals surface area contributed by atoms with E-state index in [1.165, 1.54) is 11.3 Å². The lowest BCUT2D eigenvalue weighted by molar-refractivity contribution is -0.139. The Morgan fingerprint density at radius 1 is 1.33 bits per heavy atom. The van der Waals surface area contributed by atoms with Crippen LogP contribution in [0.3, 0.4) is 0 Å². The van der Waals surface area contributed by atoms with E-state index in [2.05, 4.69) is 15.6 Å². The Morgan fingerprint density at radius 3 is 2.78 bits per heavy atom. The molecule has 0 radical (unpaired) electrons. The first-order chi connectivity index (χ1) is 17.0. The van der Waals surface area contributed by atoms with E-state index in [0.29, 0.717) is 12.0 Å². The van der Waals surface area contributed by atoms with Crippen LogP contribution in [0, 0.1) is 5.92 Å². The van der Waals surface area contributed by atoms with Crippen molar-refractivity contribution in [3.63, 3.8) is 0 Å². The molecule has 2 saturated heterocycles. The topological polar surface area (TPSA) is 127 Å². The van der Waals surface area contributed by atoms with Crippen molar-refractivity contribution in [1.29, 1.82) is 0 Å². The number of nitrogens with two attached hydrogens (primary N) is 1. The minimum atomic E-state index is -1.84. The van der Waals surface area contributed by atoms with Crippen LogP contribution in [-0.4, -0.2) is 70.7 Å². The number of alkyl halides is 1. The molecule has 2 amide bonds. The van der Waals surface area contributed by atoms with Crippen LogP contribution in [0.25, 0.3) is 11.3 Å². The number of hydrogen-bond acceptors (Lipinski definition) is 8. The van der Waals surface area contributed by atoms with Crippen LogP contribution < -0.4 is 16.4 Å². The Bertz CT molecular complexity index is 1150. The predicted octanol–water partition coefficient (Wildman–Crippen LogP) is 2.58. The lowest BCUT2D eigenvalue weighted by Gasteiger charge is -2.30. The molecule has 2 aromatic rings. The zero-order valence-corrected chi connectivity index (χ0v) is 21.6. The lowest BCUT2D eigenvalue weighted by atomic mass is 10.00. The molecule has 4 atom stereocenters. The van der Waals surface area contributed by atoms with E-state index in [9.17, 15) is 18.8 Å². The summed E-state index contributed by atoms with van der Waals surface area (Å²) in [4.78, 5) is 44.8. The summed E-state index contributed by atoms with van der Waals surface area (Å²) in [5, 5.41) is 8.75. The first-order valence-corrected chi connectivity index (χ1v) is 12.9. The van der Waals surface area contributed by atoms with Gasteiger partial charge in [-0.15, -0.1) is 11.3 Å². The van der Waals surface area contributed by atoms with E-state index in [1.54, 1.807) is 18.2 Å². The molecule has 2 aliphatic heterocycles. The number of amides is 2. The molecule has 1 aromatic carbocycles. The van der Waals surface area contributed by atoms with Gasteiger partial charge in [-0.2, -0.15) is 0 Å². The highest BCUT2D eigenvalue weighted by molar-refractivity contribution is 7.14. The molecule has 1 aromatic heterocycles. The van der Waals surface area contributed by atoms with Gasteiger partial charge in [0.05, 0.1) is 12.2 Å². The average Bonchev–Trinajstić information content (AvgIpc) is 3.47. The number of nitrogens with zero attached hydrogens (tertiary/aromatic N) is 2. The molecule has 4 N–H and O–H groups in total. The van der Waals surface area contributed by atoms with Crippen LogP contribution in [0.15, 0.2) is 29.6 Å². The van der Waals surface area contributed by atoms with Gasteiger partial charge in [-0.05, 0) is 38.3 Å². The molecule has 194 valence electrons. The average molecular weight is 518 g/mol. The minimum Gasteiger partial charge on any atom is -0.359 e. The SMILES string of the molecule is CC(C)C[C@H](NC(=O)c1cccc(-c2csc(NC(C)C)n2)c1)C(=O)N1C[C@H](F)[C@@]2(N)OCC(=O)[C@@H]12. The summed E-state index contributed by atoms with van der Waals surface area (Å²) >= 11 is 1.48. The standard InChI is InChI=1S/C25H32FN5O4S/c1-13(2)8-17(23(34)31-10-20(26)25(27)21(31)19(32)11-35-25)29-22(33)16-7-5-6-15(9-16)18-12-36-24(30-18)28-14(3)4/h5-7,9,12-14,17,20-21H,8,10-11,27H2,1-4H3,(H,28,30)(H,29,33)/t17-,20-,21+,25+/m0/s1. The van der Waals surface area contributed by atoms with Crippen LogP contribution >= 0.6 is 11.3 Å². The molecule has 4 rings (SSSR count). The highest BCUT2D eigenvalue weighted by Gasteiger charge is 2.62. The maximum Gasteiger partial charge on any atom is 0.251 e. The number of carbonyl (C=O) groups is 3. The Morgan fingerprint density at radius 2 is 2.08 bits per heavy atom. The zero-order valence-electron chi connectivity index (χ0n) is 20.8. The normalized spacial score (nSPS) is 24.3. The number of ether oxygens (including phenoxy) is 1. The molecule has 9 nitrogen and oxygen atoms in total. The summed E-state index contributed by atoms with van der Waals surface area (Å²) in [5.41, 5.74) is 6.03. The summed E-state index contributed by atoms with van der Waals surface area (Å²) in [7, 11) is 0. The van der Waals surface area contributed by atoms with E-state index < -0.39 is 41.6 Å². The number of anilines is 1. The van der Waals surface area contributed by atoms with Gasteiger partial charge in [-0.1, -0.05) is 26.0 Å². The Hall–Kier alpha value is -2.89. The third-order valence-electron chi connectivity index (χ3n) is 6.29. The number of fused-ring (bicyclic) bond motifs is 1. The predicted molar refractivity (Wildman–Crippen MR) is 135 cm³/mol. The molecule has 0 spiro atoms. The summed E-state index contributed by atoms with van der Waals surface area (Å²) in [6.45, 7) is 7.18. The molecule has 2 fully saturated rings. The van der Waals surface area contributed by atoms with E-state index in [4.69, 9.17) is 10.5 Å². The maximum atomic E-state index is 14.7. The third kappa shape index (κ3) is 5.14. The number of ketones is 1. The number of Topliss-reactive ketones (excluding diaryl/α,β-unsaturated/α-hetero) is 1. The number of nitrogens with one attached hydrogen (secondary N) is 2. The van der Waals surface area contributed by atoms with E-state index in [0.717, 1.165) is 21.3 Å². The number of likely N-dealkylation sites (tertiary alicyclic amines) is 1. The fraction of sp³-hybridized carbons (Fsp3) is 0.520. The van der Waals surface area contributed by atoms with Crippen molar-refractivity contribution < 1.29 is 23.5 Å². The number of benzene rings is 1. The van der Waals surface area contributed by atoms with Gasteiger partial charge < -0.3 is 20.3 Å². The molecule has 0 aliphatic carbocycles. The number of hydrogen-bond donors (Lipinski definition) is 3.